The predicted octanol–water partition coefficient (Wildman–Crippen LogP) is 5.77. The van der Waals surface area contributed by atoms with Crippen molar-refractivity contribution in [2.24, 2.45) is 5.92 Å². The van der Waals surface area contributed by atoms with Crippen molar-refractivity contribution in [2.45, 2.75) is 54.9 Å². The average Bonchev–Trinajstić information content (AvgIpc) is 2.21. The van der Waals surface area contributed by atoms with Crippen LogP contribution in [0.15, 0.2) is 36.5 Å². The fraction of sp³-hybridized carbons (Fsp3) is 0.600. The lowest BCUT2D eigenvalue weighted by atomic mass is 9.98. The van der Waals surface area contributed by atoms with E-state index in [9.17, 15) is 0 Å². The van der Waals surface area contributed by atoms with E-state index in [-0.39, 0.29) is 0 Å². The minimum Gasteiger partial charge on any atom is -0.0991 e. The van der Waals surface area contributed by atoms with Crippen molar-refractivity contribution in [2.75, 3.05) is 0 Å². The monoisotopic (exact) mass is 210 g/mol. The molecule has 0 heteroatoms. The SMILES string of the molecule is C=C/C=C(/C)C(=C)C(C)C.CC.CCC. The zero-order valence-electron chi connectivity index (χ0n) is 11.9. The summed E-state index contributed by atoms with van der Waals surface area (Å²) in [4.78, 5) is 0. The van der Waals surface area contributed by atoms with Crippen LogP contribution in [0, 0.1) is 5.92 Å². The number of hydrogen-bond acceptors (Lipinski definition) is 0. The van der Waals surface area contributed by atoms with Crippen LogP contribution in [0.3, 0.4) is 0 Å². The molecule has 0 fully saturated rings. The fourth-order valence-electron chi connectivity index (χ4n) is 0.739. The third-order valence-electron chi connectivity index (χ3n) is 1.57. The third-order valence-corrected chi connectivity index (χ3v) is 1.57. The van der Waals surface area contributed by atoms with E-state index >= 15 is 0 Å². The molecule has 0 aromatic carbocycles. The molecule has 0 unspecified atom stereocenters. The molecule has 0 aliphatic carbocycles. The van der Waals surface area contributed by atoms with Crippen LogP contribution in [0.2, 0.25) is 0 Å². The smallest absolute Gasteiger partial charge is 0.0222 e. The lowest BCUT2D eigenvalue weighted by Gasteiger charge is -2.08. The molecule has 0 aliphatic heterocycles. The van der Waals surface area contributed by atoms with Crippen LogP contribution in [0.4, 0.5) is 0 Å². The molecule has 0 N–H and O–H groups in total. The highest BCUT2D eigenvalue weighted by atomic mass is 14.0. The summed E-state index contributed by atoms with van der Waals surface area (Å²) >= 11 is 0. The molecular formula is C15H30. The molecule has 0 rings (SSSR count). The molecular weight excluding hydrogens is 180 g/mol. The predicted molar refractivity (Wildman–Crippen MR) is 75.2 cm³/mol. The molecule has 0 atom stereocenters. The Hall–Kier alpha value is -0.780. The molecule has 0 amide bonds. The van der Waals surface area contributed by atoms with E-state index in [4.69, 9.17) is 0 Å². The second-order valence-corrected chi connectivity index (χ2v) is 3.47. The molecule has 0 saturated carbocycles. The van der Waals surface area contributed by atoms with Gasteiger partial charge in [-0.25, -0.2) is 0 Å². The standard InChI is InChI=1S/C10H16.C3H8.C2H6/c1-6-7-9(4)10(5)8(2)3;1-3-2;1-2/h6-8H,1,5H2,2-4H3;3H2,1-2H3;1-2H3/b9-7-;;. The van der Waals surface area contributed by atoms with Gasteiger partial charge in [-0.05, 0) is 24.0 Å². The molecule has 0 nitrogen and oxygen atoms in total. The van der Waals surface area contributed by atoms with Crippen molar-refractivity contribution in [1.82, 2.24) is 0 Å². The summed E-state index contributed by atoms with van der Waals surface area (Å²) in [6, 6.07) is 0. The van der Waals surface area contributed by atoms with Crippen LogP contribution >= 0.6 is 0 Å². The van der Waals surface area contributed by atoms with E-state index in [2.05, 4.69) is 47.8 Å². The number of rotatable bonds is 3. The van der Waals surface area contributed by atoms with Gasteiger partial charge in [-0.2, -0.15) is 0 Å². The maximum absolute atomic E-state index is 3.96. The number of hydrogen-bond donors (Lipinski definition) is 0. The number of allylic oxidation sites excluding steroid dienone is 4. The van der Waals surface area contributed by atoms with Crippen molar-refractivity contribution in [1.29, 1.82) is 0 Å². The maximum Gasteiger partial charge on any atom is -0.0222 e. The molecule has 0 spiro atoms. The Balaban J connectivity index is -0.000000245. The highest BCUT2D eigenvalue weighted by Crippen LogP contribution is 2.15. The molecule has 0 radical (unpaired) electrons. The minimum absolute atomic E-state index is 0.538. The zero-order valence-corrected chi connectivity index (χ0v) is 11.9. The normalized spacial score (nSPS) is 9.47. The van der Waals surface area contributed by atoms with Crippen molar-refractivity contribution < 1.29 is 0 Å². The van der Waals surface area contributed by atoms with E-state index in [1.165, 1.54) is 17.6 Å². The highest BCUT2D eigenvalue weighted by molar-refractivity contribution is 5.30. The molecule has 0 saturated heterocycles. The first kappa shape index (κ1) is 19.7. The van der Waals surface area contributed by atoms with Crippen LogP contribution in [-0.2, 0) is 0 Å². The summed E-state index contributed by atoms with van der Waals surface area (Å²) in [5, 5.41) is 0. The second-order valence-electron chi connectivity index (χ2n) is 3.47. The van der Waals surface area contributed by atoms with Crippen LogP contribution < -0.4 is 0 Å². The molecule has 90 valence electrons. The topological polar surface area (TPSA) is 0 Å². The Bertz CT molecular complexity index is 170. The van der Waals surface area contributed by atoms with Crippen molar-refractivity contribution in [3.05, 3.63) is 36.5 Å². The lowest BCUT2D eigenvalue weighted by molar-refractivity contribution is 0.781. The molecule has 0 bridgehead atoms. The minimum atomic E-state index is 0.538. The van der Waals surface area contributed by atoms with E-state index in [0.717, 1.165) is 0 Å². The van der Waals surface area contributed by atoms with E-state index in [1.807, 2.05) is 19.9 Å². The Morgan fingerprint density at radius 3 is 1.73 bits per heavy atom. The van der Waals surface area contributed by atoms with Crippen molar-refractivity contribution >= 4 is 0 Å². The zero-order chi connectivity index (χ0) is 12.9. The quantitative estimate of drug-likeness (QED) is 0.518. The van der Waals surface area contributed by atoms with Crippen LogP contribution in [0.25, 0.3) is 0 Å². The summed E-state index contributed by atoms with van der Waals surface area (Å²) < 4.78 is 0. The van der Waals surface area contributed by atoms with Gasteiger partial charge in [0, 0.05) is 0 Å². The first-order chi connectivity index (χ1) is 7.01. The first-order valence-electron chi connectivity index (χ1n) is 5.99. The molecule has 0 aromatic rings. The summed E-state index contributed by atoms with van der Waals surface area (Å²) in [7, 11) is 0. The third kappa shape index (κ3) is 15.9. The van der Waals surface area contributed by atoms with E-state index in [1.54, 1.807) is 6.08 Å². The summed E-state index contributed by atoms with van der Waals surface area (Å²) in [6.45, 7) is 22.2. The Kier molecular flexibility index (Phi) is 20.6. The molecule has 0 aliphatic rings. The van der Waals surface area contributed by atoms with Gasteiger partial charge in [-0.3, -0.25) is 0 Å². The fourth-order valence-corrected chi connectivity index (χ4v) is 0.739. The van der Waals surface area contributed by atoms with Gasteiger partial charge in [0.05, 0.1) is 0 Å². The van der Waals surface area contributed by atoms with Crippen LogP contribution in [-0.4, -0.2) is 0 Å². The van der Waals surface area contributed by atoms with Gasteiger partial charge in [-0.1, -0.05) is 73.3 Å². The Morgan fingerprint density at radius 2 is 1.53 bits per heavy atom. The van der Waals surface area contributed by atoms with Gasteiger partial charge in [0.25, 0.3) is 0 Å². The summed E-state index contributed by atoms with van der Waals surface area (Å²) in [6.07, 6.45) is 5.03. The van der Waals surface area contributed by atoms with Gasteiger partial charge in [0.2, 0.25) is 0 Å². The largest absolute Gasteiger partial charge is 0.0991 e. The molecule has 15 heavy (non-hydrogen) atoms. The maximum atomic E-state index is 3.96. The Labute approximate surface area is 97.8 Å². The van der Waals surface area contributed by atoms with Crippen LogP contribution in [0.5, 0.6) is 0 Å². The average molecular weight is 210 g/mol. The van der Waals surface area contributed by atoms with Gasteiger partial charge in [0.15, 0.2) is 0 Å². The van der Waals surface area contributed by atoms with Gasteiger partial charge in [-0.15, -0.1) is 0 Å². The first-order valence-corrected chi connectivity index (χ1v) is 5.99. The van der Waals surface area contributed by atoms with Gasteiger partial charge < -0.3 is 0 Å². The van der Waals surface area contributed by atoms with E-state index < -0.39 is 0 Å². The molecule has 0 heterocycles. The van der Waals surface area contributed by atoms with Crippen molar-refractivity contribution in [3.63, 3.8) is 0 Å². The second kappa shape index (κ2) is 15.7. The van der Waals surface area contributed by atoms with E-state index in [0.29, 0.717) is 5.92 Å². The summed E-state index contributed by atoms with van der Waals surface area (Å²) in [5.74, 6) is 0.538. The van der Waals surface area contributed by atoms with Gasteiger partial charge >= 0.3 is 0 Å². The Morgan fingerprint density at radius 1 is 1.20 bits per heavy atom. The van der Waals surface area contributed by atoms with Gasteiger partial charge in [0.1, 0.15) is 0 Å². The lowest BCUT2D eigenvalue weighted by Crippen LogP contribution is -1.92. The van der Waals surface area contributed by atoms with Crippen LogP contribution in [0.1, 0.15) is 54.9 Å². The summed E-state index contributed by atoms with van der Waals surface area (Å²) in [5.41, 5.74) is 2.42. The molecule has 0 aromatic heterocycles. The highest BCUT2D eigenvalue weighted by Gasteiger charge is 1.99. The van der Waals surface area contributed by atoms with Crippen molar-refractivity contribution in [3.8, 4) is 0 Å².